The SMILES string of the molecule is CC(NCC(=O)N1CCN(C)CC1)c1cccnc1. The maximum atomic E-state index is 12.1. The monoisotopic (exact) mass is 262 g/mol. The van der Waals surface area contributed by atoms with Gasteiger partial charge in [-0.1, -0.05) is 6.07 Å². The van der Waals surface area contributed by atoms with Gasteiger partial charge in [-0.3, -0.25) is 9.78 Å². The summed E-state index contributed by atoms with van der Waals surface area (Å²) >= 11 is 0. The molecule has 0 spiro atoms. The van der Waals surface area contributed by atoms with E-state index in [0.29, 0.717) is 6.54 Å². The number of rotatable bonds is 4. The van der Waals surface area contributed by atoms with Crippen LogP contribution >= 0.6 is 0 Å². The molecule has 0 bridgehead atoms. The molecule has 5 heteroatoms. The Kier molecular flexibility index (Phi) is 4.87. The molecule has 1 amide bonds. The summed E-state index contributed by atoms with van der Waals surface area (Å²) in [5.74, 6) is 0.184. The summed E-state index contributed by atoms with van der Waals surface area (Å²) in [6.45, 7) is 6.03. The quantitative estimate of drug-likeness (QED) is 0.859. The van der Waals surface area contributed by atoms with E-state index in [9.17, 15) is 4.79 Å². The minimum absolute atomic E-state index is 0.144. The molecular weight excluding hydrogens is 240 g/mol. The molecule has 0 aliphatic carbocycles. The molecular formula is C14H22N4O. The van der Waals surface area contributed by atoms with Crippen molar-refractivity contribution in [2.24, 2.45) is 0 Å². The first-order valence-corrected chi connectivity index (χ1v) is 6.76. The third kappa shape index (κ3) is 4.01. The van der Waals surface area contributed by atoms with E-state index in [-0.39, 0.29) is 11.9 Å². The predicted octanol–water partition coefficient (Wildman–Crippen LogP) is 0.506. The highest BCUT2D eigenvalue weighted by Gasteiger charge is 2.19. The van der Waals surface area contributed by atoms with Crippen LogP contribution in [0.4, 0.5) is 0 Å². The molecule has 0 radical (unpaired) electrons. The number of nitrogens with one attached hydrogen (secondary N) is 1. The number of likely N-dealkylation sites (N-methyl/N-ethyl adjacent to an activating group) is 1. The zero-order chi connectivity index (χ0) is 13.7. The van der Waals surface area contributed by atoms with Gasteiger partial charge in [0.2, 0.25) is 5.91 Å². The van der Waals surface area contributed by atoms with Crippen molar-refractivity contribution < 1.29 is 4.79 Å². The van der Waals surface area contributed by atoms with Crippen LogP contribution in [-0.2, 0) is 4.79 Å². The van der Waals surface area contributed by atoms with Gasteiger partial charge in [0, 0.05) is 44.6 Å². The average molecular weight is 262 g/mol. The van der Waals surface area contributed by atoms with E-state index in [2.05, 4.69) is 22.2 Å². The molecule has 1 aromatic rings. The molecule has 1 unspecified atom stereocenters. The van der Waals surface area contributed by atoms with Gasteiger partial charge >= 0.3 is 0 Å². The zero-order valence-electron chi connectivity index (χ0n) is 11.7. The smallest absolute Gasteiger partial charge is 0.236 e. The summed E-state index contributed by atoms with van der Waals surface area (Å²) in [6.07, 6.45) is 3.59. The summed E-state index contributed by atoms with van der Waals surface area (Å²) in [5.41, 5.74) is 1.11. The minimum Gasteiger partial charge on any atom is -0.339 e. The third-order valence-electron chi connectivity index (χ3n) is 3.60. The van der Waals surface area contributed by atoms with E-state index in [1.165, 1.54) is 0 Å². The van der Waals surface area contributed by atoms with Crippen LogP contribution in [-0.4, -0.2) is 60.5 Å². The normalized spacial score (nSPS) is 18.3. The lowest BCUT2D eigenvalue weighted by Gasteiger charge is -2.32. The van der Waals surface area contributed by atoms with Gasteiger partial charge < -0.3 is 15.1 Å². The van der Waals surface area contributed by atoms with Gasteiger partial charge in [0.15, 0.2) is 0 Å². The number of pyridine rings is 1. The highest BCUT2D eigenvalue weighted by Crippen LogP contribution is 2.09. The zero-order valence-corrected chi connectivity index (χ0v) is 11.7. The molecule has 0 saturated carbocycles. The second-order valence-electron chi connectivity index (χ2n) is 5.07. The summed E-state index contributed by atoms with van der Waals surface area (Å²) in [6, 6.07) is 4.07. The maximum absolute atomic E-state index is 12.1. The first-order valence-electron chi connectivity index (χ1n) is 6.76. The summed E-state index contributed by atoms with van der Waals surface area (Å²) < 4.78 is 0. The van der Waals surface area contributed by atoms with E-state index < -0.39 is 0 Å². The standard InChI is InChI=1S/C14H22N4O/c1-12(13-4-3-5-15-10-13)16-11-14(19)18-8-6-17(2)7-9-18/h3-5,10,12,16H,6-9,11H2,1-2H3. The van der Waals surface area contributed by atoms with Crippen LogP contribution in [0.25, 0.3) is 0 Å². The molecule has 1 atom stereocenters. The largest absolute Gasteiger partial charge is 0.339 e. The Bertz CT molecular complexity index is 401. The molecule has 2 heterocycles. The first-order chi connectivity index (χ1) is 9.16. The number of piperazine rings is 1. The first kappa shape index (κ1) is 14.0. The molecule has 1 saturated heterocycles. The number of amides is 1. The van der Waals surface area contributed by atoms with Crippen LogP contribution in [0.3, 0.4) is 0 Å². The molecule has 104 valence electrons. The Morgan fingerprint density at radius 2 is 2.16 bits per heavy atom. The fourth-order valence-electron chi connectivity index (χ4n) is 2.16. The Balaban J connectivity index is 1.77. The van der Waals surface area contributed by atoms with Crippen molar-refractivity contribution in [1.82, 2.24) is 20.1 Å². The van der Waals surface area contributed by atoms with Crippen molar-refractivity contribution >= 4 is 5.91 Å². The fourth-order valence-corrected chi connectivity index (χ4v) is 2.16. The highest BCUT2D eigenvalue weighted by molar-refractivity contribution is 5.78. The van der Waals surface area contributed by atoms with Gasteiger partial charge in [-0.25, -0.2) is 0 Å². The van der Waals surface area contributed by atoms with Gasteiger partial charge in [0.1, 0.15) is 0 Å². The van der Waals surface area contributed by atoms with Gasteiger partial charge in [-0.2, -0.15) is 0 Å². The van der Waals surface area contributed by atoms with Crippen LogP contribution < -0.4 is 5.32 Å². The third-order valence-corrected chi connectivity index (χ3v) is 3.60. The van der Waals surface area contributed by atoms with E-state index >= 15 is 0 Å². The summed E-state index contributed by atoms with van der Waals surface area (Å²) in [7, 11) is 2.09. The second kappa shape index (κ2) is 6.63. The van der Waals surface area contributed by atoms with Gasteiger partial charge in [0.25, 0.3) is 0 Å². The van der Waals surface area contributed by atoms with E-state index in [4.69, 9.17) is 0 Å². The van der Waals surface area contributed by atoms with Crippen molar-refractivity contribution in [2.75, 3.05) is 39.8 Å². The van der Waals surface area contributed by atoms with Gasteiger partial charge in [0.05, 0.1) is 6.54 Å². The number of carbonyl (C=O) groups is 1. The molecule has 1 fully saturated rings. The summed E-state index contributed by atoms with van der Waals surface area (Å²) in [4.78, 5) is 20.3. The van der Waals surface area contributed by atoms with E-state index in [1.807, 2.05) is 30.2 Å². The molecule has 1 aliphatic rings. The van der Waals surface area contributed by atoms with Gasteiger partial charge in [-0.05, 0) is 25.6 Å². The van der Waals surface area contributed by atoms with Gasteiger partial charge in [-0.15, -0.1) is 0 Å². The number of nitrogens with zero attached hydrogens (tertiary/aromatic N) is 3. The maximum Gasteiger partial charge on any atom is 0.236 e. The molecule has 1 aromatic heterocycles. The van der Waals surface area contributed by atoms with Crippen LogP contribution in [0.5, 0.6) is 0 Å². The van der Waals surface area contributed by atoms with Crippen molar-refractivity contribution in [3.05, 3.63) is 30.1 Å². The molecule has 5 nitrogen and oxygen atoms in total. The Morgan fingerprint density at radius 3 is 2.79 bits per heavy atom. The number of aromatic nitrogens is 1. The van der Waals surface area contributed by atoms with E-state index in [1.54, 1.807) is 6.20 Å². The average Bonchev–Trinajstić information content (AvgIpc) is 2.46. The predicted molar refractivity (Wildman–Crippen MR) is 74.7 cm³/mol. The van der Waals surface area contributed by atoms with Crippen LogP contribution in [0.2, 0.25) is 0 Å². The lowest BCUT2D eigenvalue weighted by molar-refractivity contribution is -0.131. The van der Waals surface area contributed by atoms with Crippen molar-refractivity contribution in [3.63, 3.8) is 0 Å². The van der Waals surface area contributed by atoms with E-state index in [0.717, 1.165) is 31.7 Å². The fraction of sp³-hybridized carbons (Fsp3) is 0.571. The number of hydrogen-bond donors (Lipinski definition) is 1. The van der Waals surface area contributed by atoms with Crippen molar-refractivity contribution in [3.8, 4) is 0 Å². The lowest BCUT2D eigenvalue weighted by atomic mass is 10.1. The topological polar surface area (TPSA) is 48.5 Å². The molecule has 19 heavy (non-hydrogen) atoms. The van der Waals surface area contributed by atoms with Crippen LogP contribution in [0.1, 0.15) is 18.5 Å². The summed E-state index contributed by atoms with van der Waals surface area (Å²) in [5, 5.41) is 3.26. The van der Waals surface area contributed by atoms with Crippen molar-refractivity contribution in [2.45, 2.75) is 13.0 Å². The Morgan fingerprint density at radius 1 is 1.42 bits per heavy atom. The number of carbonyl (C=O) groups excluding carboxylic acids is 1. The van der Waals surface area contributed by atoms with Crippen LogP contribution in [0.15, 0.2) is 24.5 Å². The molecule has 0 aromatic carbocycles. The highest BCUT2D eigenvalue weighted by atomic mass is 16.2. The minimum atomic E-state index is 0.144. The Hall–Kier alpha value is -1.46. The molecule has 1 aliphatic heterocycles. The molecule has 2 rings (SSSR count). The lowest BCUT2D eigenvalue weighted by Crippen LogP contribution is -2.49. The van der Waals surface area contributed by atoms with Crippen LogP contribution in [0, 0.1) is 0 Å². The molecule has 1 N–H and O–H groups in total. The van der Waals surface area contributed by atoms with Crippen molar-refractivity contribution in [1.29, 1.82) is 0 Å². The number of hydrogen-bond acceptors (Lipinski definition) is 4. The second-order valence-corrected chi connectivity index (χ2v) is 5.07. The Labute approximate surface area is 114 Å².